The van der Waals surface area contributed by atoms with E-state index >= 15 is 0 Å². The van der Waals surface area contributed by atoms with Gasteiger partial charge in [-0.25, -0.2) is 19.9 Å². The van der Waals surface area contributed by atoms with Crippen molar-refractivity contribution in [1.29, 1.82) is 10.5 Å². The van der Waals surface area contributed by atoms with Gasteiger partial charge in [-0.15, -0.1) is 0 Å². The van der Waals surface area contributed by atoms with Gasteiger partial charge in [-0.05, 0) is 132 Å². The maximum Gasteiger partial charge on any atom is 0.164 e. The number of benzene rings is 14. The molecule has 0 saturated carbocycles. The molecular weight excluding hydrogens is 1390 g/mol. The second kappa shape index (κ2) is 27.6. The number of hydrogen-bond acceptors (Lipinski definition) is 6. The third-order valence-electron chi connectivity index (χ3n) is 21.0. The normalized spacial score (nSPS) is 11.5. The Morgan fingerprint density at radius 2 is 0.545 bits per heavy atom. The highest BCUT2D eigenvalue weighted by Gasteiger charge is 2.28. The van der Waals surface area contributed by atoms with Gasteiger partial charge in [-0.2, -0.15) is 10.5 Å². The summed E-state index contributed by atoms with van der Waals surface area (Å²) in [6, 6.07) is 121. The molecule has 0 radical (unpaired) electrons. The molecule has 1 aliphatic rings. The lowest BCUT2D eigenvalue weighted by Crippen LogP contribution is -2.10. The van der Waals surface area contributed by atoms with Gasteiger partial charge in [0.05, 0.1) is 55.2 Å². The van der Waals surface area contributed by atoms with Crippen LogP contribution in [-0.4, -0.2) is 42.8 Å². The van der Waals surface area contributed by atoms with E-state index < -0.39 is 0 Å². The monoisotopic (exact) mass is 1450 g/mol. The van der Waals surface area contributed by atoms with Crippen LogP contribution in [0.4, 0.5) is 0 Å². The van der Waals surface area contributed by atoms with Crippen molar-refractivity contribution in [3.05, 3.63) is 366 Å². The molecule has 0 saturated heterocycles. The van der Waals surface area contributed by atoms with Crippen LogP contribution in [0.15, 0.2) is 334 Å². The zero-order valence-electron chi connectivity index (χ0n) is 57.6. The Kier molecular flexibility index (Phi) is 17.0. The molecule has 7 heterocycles. The number of para-hydroxylation sites is 8. The van der Waals surface area contributed by atoms with Crippen molar-refractivity contribution >= 4 is 132 Å². The first-order valence-corrected chi connectivity index (χ1v) is 36.4. The SMILES string of the molecule is C.C.N#Cc1c(-n2c3ccccc3c3cc4c(cc32)c2ccccc2n4-c2ccccc2)nc(-c2ccccc2)nc1-n1c2ccccc2c2cc3c(cc21)c1ccccc1n3-c1ccccc1.N#Cc1c(Cl)nc(-c2ccccc2)nc1Cl.c1ccc(-n2c3ccccc3c3cc4c(cc32)-c2ccccc2C4)cc1. The van der Waals surface area contributed by atoms with E-state index in [9.17, 15) is 5.26 Å². The molecule has 0 aliphatic heterocycles. The highest BCUT2D eigenvalue weighted by Crippen LogP contribution is 2.46. The predicted molar refractivity (Wildman–Crippen MR) is 454 cm³/mol. The van der Waals surface area contributed by atoms with E-state index in [-0.39, 0.29) is 30.7 Å². The van der Waals surface area contributed by atoms with Crippen molar-refractivity contribution in [2.45, 2.75) is 21.3 Å². The second-order valence-corrected chi connectivity index (χ2v) is 27.6. The zero-order chi connectivity index (χ0) is 72.1. The fraction of sp³-hybridized carbons (Fsp3) is 0.0309. The average Bonchev–Trinajstić information content (AvgIpc) is 1.55. The molecule has 0 spiro atoms. The highest BCUT2D eigenvalue weighted by molar-refractivity contribution is 6.35. The Labute approximate surface area is 643 Å². The third kappa shape index (κ3) is 10.9. The van der Waals surface area contributed by atoms with Gasteiger partial charge in [0.25, 0.3) is 0 Å². The molecule has 13 heteroatoms. The Morgan fingerprint density at radius 3 is 0.918 bits per heavy atom. The van der Waals surface area contributed by atoms with E-state index in [1.165, 1.54) is 49.7 Å². The minimum absolute atomic E-state index is 0. The molecule has 11 nitrogen and oxygen atoms in total. The minimum atomic E-state index is 0. The molecule has 0 N–H and O–H groups in total. The smallest absolute Gasteiger partial charge is 0.164 e. The van der Waals surface area contributed by atoms with E-state index in [4.69, 9.17) is 38.4 Å². The quantitative estimate of drug-likeness (QED) is 0.146. The number of halogens is 2. The molecule has 0 bridgehead atoms. The molecular formula is C97H65Cl2N11. The Bertz CT molecular complexity index is 7030. The van der Waals surface area contributed by atoms with Gasteiger partial charge < -0.3 is 13.7 Å². The van der Waals surface area contributed by atoms with Crippen molar-refractivity contribution in [1.82, 2.24) is 42.8 Å². The number of aromatic nitrogens is 9. The van der Waals surface area contributed by atoms with Crippen LogP contribution in [0.5, 0.6) is 0 Å². The minimum Gasteiger partial charge on any atom is -0.309 e. The molecule has 0 fully saturated rings. The van der Waals surface area contributed by atoms with Crippen molar-refractivity contribution in [3.8, 4) is 74.7 Å². The molecule has 14 aromatic carbocycles. The van der Waals surface area contributed by atoms with E-state index in [0.29, 0.717) is 28.8 Å². The molecule has 7 aromatic heterocycles. The zero-order valence-corrected chi connectivity index (χ0v) is 59.1. The van der Waals surface area contributed by atoms with Crippen LogP contribution in [0.3, 0.4) is 0 Å². The molecule has 21 aromatic rings. The molecule has 0 atom stereocenters. The summed E-state index contributed by atoms with van der Waals surface area (Å²) in [7, 11) is 0. The van der Waals surface area contributed by atoms with Gasteiger partial charge in [0.15, 0.2) is 33.6 Å². The number of nitriles is 2. The Hall–Kier alpha value is -14.2. The molecule has 0 unspecified atom stereocenters. The van der Waals surface area contributed by atoms with E-state index in [2.05, 4.69) is 312 Å². The lowest BCUT2D eigenvalue weighted by molar-refractivity contribution is 0.982. The maximum absolute atomic E-state index is 11.7. The fourth-order valence-electron chi connectivity index (χ4n) is 16.3. The summed E-state index contributed by atoms with van der Waals surface area (Å²) in [5.74, 6) is 1.98. The molecule has 22 rings (SSSR count). The summed E-state index contributed by atoms with van der Waals surface area (Å²) in [4.78, 5) is 18.9. The third-order valence-corrected chi connectivity index (χ3v) is 21.5. The summed E-state index contributed by atoms with van der Waals surface area (Å²) in [5, 5.41) is 32.0. The summed E-state index contributed by atoms with van der Waals surface area (Å²) >= 11 is 11.7. The number of fused-ring (bicyclic) bond motifs is 18. The second-order valence-electron chi connectivity index (χ2n) is 26.9. The van der Waals surface area contributed by atoms with E-state index in [1.807, 2.05) is 66.7 Å². The number of rotatable bonds is 7. The first kappa shape index (κ1) is 67.7. The van der Waals surface area contributed by atoms with Crippen LogP contribution in [0.2, 0.25) is 10.3 Å². The topological polar surface area (TPSA) is 124 Å². The van der Waals surface area contributed by atoms with Gasteiger partial charge in [-0.1, -0.05) is 269 Å². The van der Waals surface area contributed by atoms with Gasteiger partial charge >= 0.3 is 0 Å². The van der Waals surface area contributed by atoms with Crippen molar-refractivity contribution in [2.75, 3.05) is 0 Å². The molecule has 110 heavy (non-hydrogen) atoms. The maximum atomic E-state index is 11.7. The number of nitrogens with zero attached hydrogens (tertiary/aromatic N) is 11. The molecule has 1 aliphatic carbocycles. The summed E-state index contributed by atoms with van der Waals surface area (Å²) < 4.78 is 11.5. The van der Waals surface area contributed by atoms with Crippen LogP contribution in [0, 0.1) is 22.7 Å². The van der Waals surface area contributed by atoms with Crippen molar-refractivity contribution in [3.63, 3.8) is 0 Å². The van der Waals surface area contributed by atoms with Gasteiger partial charge in [0, 0.05) is 82.1 Å². The van der Waals surface area contributed by atoms with Crippen LogP contribution >= 0.6 is 23.2 Å². The Morgan fingerprint density at radius 1 is 0.255 bits per heavy atom. The highest BCUT2D eigenvalue weighted by atomic mass is 35.5. The standard InChI is InChI=1S/C59H35N7.C25H17N.C11H5Cl2N3.2CH4/c60-36-48-58(65-51-30-16-12-26-42(51)46-32-53-44(34-55(46)65)40-24-10-14-28-49(40)63(53)38-20-6-2-7-21-38)61-57(37-18-4-1-5-19-37)62-59(48)66-52-31-17-13-27-43(52)47-33-54-45(35-56(47)66)41-25-11-15-29-50(41)64(54)39-22-8-3-9-23-39;1-2-9-19(10-3-1)26-24-13-7-6-12-21(24)23-15-18-14-17-8-4-5-11-20(17)22(18)16-25(23)26;12-9-8(6-14)10(13)16-11(15-9)7-4-2-1-3-5-7;;/h1-35H;1-13,15-16H,14H2;1-5H;2*1H4. The van der Waals surface area contributed by atoms with E-state index in [0.717, 1.165) is 116 Å². The van der Waals surface area contributed by atoms with Gasteiger partial charge in [0.1, 0.15) is 23.3 Å². The Balaban J connectivity index is 0.000000157. The average molecular weight is 1460 g/mol. The summed E-state index contributed by atoms with van der Waals surface area (Å²) in [5.41, 5.74) is 22.0. The fourth-order valence-corrected chi connectivity index (χ4v) is 16.7. The van der Waals surface area contributed by atoms with Crippen LogP contribution in [0.1, 0.15) is 37.1 Å². The first-order chi connectivity index (χ1) is 53.3. The molecule has 0 amide bonds. The molecule has 522 valence electrons. The predicted octanol–water partition coefficient (Wildman–Crippen LogP) is 25.4. The van der Waals surface area contributed by atoms with Crippen LogP contribution in [-0.2, 0) is 6.42 Å². The van der Waals surface area contributed by atoms with E-state index in [1.54, 1.807) is 0 Å². The van der Waals surface area contributed by atoms with Gasteiger partial charge in [0.2, 0.25) is 0 Å². The van der Waals surface area contributed by atoms with Crippen LogP contribution < -0.4 is 0 Å². The van der Waals surface area contributed by atoms with Gasteiger partial charge in [-0.3, -0.25) is 9.13 Å². The largest absolute Gasteiger partial charge is 0.309 e. The lowest BCUT2D eigenvalue weighted by Gasteiger charge is -2.16. The van der Waals surface area contributed by atoms with Crippen LogP contribution in [0.25, 0.3) is 172 Å². The summed E-state index contributed by atoms with van der Waals surface area (Å²) in [6.07, 6.45) is 1.03. The first-order valence-electron chi connectivity index (χ1n) is 35.7. The summed E-state index contributed by atoms with van der Waals surface area (Å²) in [6.45, 7) is 0. The number of hydrogen-bond donors (Lipinski definition) is 0. The van der Waals surface area contributed by atoms with Crippen molar-refractivity contribution < 1.29 is 0 Å². The van der Waals surface area contributed by atoms with Crippen molar-refractivity contribution in [2.24, 2.45) is 0 Å². The lowest BCUT2D eigenvalue weighted by atomic mass is 10.0.